The Kier molecular flexibility index (Phi) is 4.12. The van der Waals surface area contributed by atoms with Crippen LogP contribution in [0.15, 0.2) is 64.4 Å². The van der Waals surface area contributed by atoms with Crippen LogP contribution in [0.1, 0.15) is 16.7 Å². The van der Waals surface area contributed by atoms with Crippen LogP contribution in [-0.2, 0) is 14.1 Å². The highest BCUT2D eigenvalue weighted by atomic mass is 32.1. The molecule has 0 spiro atoms. The van der Waals surface area contributed by atoms with E-state index in [1.165, 1.54) is 9.13 Å². The molecule has 6 heteroatoms. The third-order valence-corrected chi connectivity index (χ3v) is 5.23. The standard InChI is InChI=1S/C21H17N3O2S/c1-23-19(25)16(20(26)24(2)21(23)27)12-15-14-10-6-7-11-17(14)22-18(15)13-8-4-3-5-9-13/h3-12,25H,1-2H3/b15-12-. The highest BCUT2D eigenvalue weighted by Gasteiger charge is 2.23. The minimum atomic E-state index is -0.347. The van der Waals surface area contributed by atoms with Gasteiger partial charge in [-0.2, -0.15) is 0 Å². The molecule has 0 unspecified atom stereocenters. The molecule has 2 heterocycles. The van der Waals surface area contributed by atoms with Crippen molar-refractivity contribution in [3.63, 3.8) is 0 Å². The highest BCUT2D eigenvalue weighted by Crippen LogP contribution is 2.38. The summed E-state index contributed by atoms with van der Waals surface area (Å²) in [5.74, 6) is -0.160. The first-order chi connectivity index (χ1) is 13.0. The number of fused-ring (bicyclic) bond motifs is 1. The van der Waals surface area contributed by atoms with Gasteiger partial charge < -0.3 is 5.11 Å². The maximum atomic E-state index is 12.7. The summed E-state index contributed by atoms with van der Waals surface area (Å²) in [6.07, 6.45) is 1.70. The average molecular weight is 375 g/mol. The van der Waals surface area contributed by atoms with Gasteiger partial charge in [-0.25, -0.2) is 4.99 Å². The first kappa shape index (κ1) is 17.2. The molecule has 1 aliphatic heterocycles. The zero-order chi connectivity index (χ0) is 19.1. The van der Waals surface area contributed by atoms with E-state index in [9.17, 15) is 9.90 Å². The van der Waals surface area contributed by atoms with Crippen molar-refractivity contribution < 1.29 is 5.11 Å². The van der Waals surface area contributed by atoms with Crippen LogP contribution < -0.4 is 5.56 Å². The molecule has 4 rings (SSSR count). The predicted molar refractivity (Wildman–Crippen MR) is 110 cm³/mol. The second kappa shape index (κ2) is 6.48. The Morgan fingerprint density at radius 1 is 1.00 bits per heavy atom. The van der Waals surface area contributed by atoms with E-state index in [1.807, 2.05) is 54.6 Å². The van der Waals surface area contributed by atoms with Crippen LogP contribution in [0.3, 0.4) is 0 Å². The van der Waals surface area contributed by atoms with E-state index >= 15 is 0 Å². The van der Waals surface area contributed by atoms with Crippen LogP contribution >= 0.6 is 12.2 Å². The van der Waals surface area contributed by atoms with Crippen molar-refractivity contribution in [2.24, 2.45) is 19.1 Å². The zero-order valence-corrected chi connectivity index (χ0v) is 15.7. The van der Waals surface area contributed by atoms with Crippen molar-refractivity contribution in [3.05, 3.63) is 86.4 Å². The Balaban J connectivity index is 2.01. The molecular weight excluding hydrogens is 358 g/mol. The summed E-state index contributed by atoms with van der Waals surface area (Å²) in [4.78, 5) is 17.5. The van der Waals surface area contributed by atoms with Gasteiger partial charge in [0.2, 0.25) is 5.88 Å². The van der Waals surface area contributed by atoms with E-state index in [4.69, 9.17) is 17.2 Å². The summed E-state index contributed by atoms with van der Waals surface area (Å²) in [5.41, 5.74) is 4.10. The van der Waals surface area contributed by atoms with Crippen LogP contribution in [0, 0.1) is 4.77 Å². The number of hydrogen-bond donors (Lipinski definition) is 1. The molecule has 134 valence electrons. The maximum absolute atomic E-state index is 12.7. The average Bonchev–Trinajstić information content (AvgIpc) is 3.07. The zero-order valence-electron chi connectivity index (χ0n) is 14.9. The molecule has 3 aromatic rings. The highest BCUT2D eigenvalue weighted by molar-refractivity contribution is 7.71. The first-order valence-corrected chi connectivity index (χ1v) is 8.84. The van der Waals surface area contributed by atoms with Crippen LogP contribution in [0.4, 0.5) is 5.69 Å². The van der Waals surface area contributed by atoms with E-state index in [0.29, 0.717) is 0 Å². The number of aromatic nitrogens is 2. The Hall–Kier alpha value is -3.25. The minimum Gasteiger partial charge on any atom is -0.494 e. The van der Waals surface area contributed by atoms with Crippen LogP contribution in [0.25, 0.3) is 11.6 Å². The largest absolute Gasteiger partial charge is 0.494 e. The topological polar surface area (TPSA) is 59.5 Å². The number of aliphatic imine (C=N–C) groups is 1. The molecular formula is C21H17N3O2S. The normalized spacial score (nSPS) is 14.3. The molecule has 0 bridgehead atoms. The minimum absolute atomic E-state index is 0.160. The number of nitrogens with zero attached hydrogens (tertiary/aromatic N) is 3. The maximum Gasteiger partial charge on any atom is 0.265 e. The van der Waals surface area contributed by atoms with Gasteiger partial charge in [0, 0.05) is 30.8 Å². The monoisotopic (exact) mass is 375 g/mol. The van der Waals surface area contributed by atoms with Crippen molar-refractivity contribution in [3.8, 4) is 5.88 Å². The summed E-state index contributed by atoms with van der Waals surface area (Å²) < 4.78 is 3.02. The van der Waals surface area contributed by atoms with Crippen molar-refractivity contribution in [1.82, 2.24) is 9.13 Å². The second-order valence-corrected chi connectivity index (χ2v) is 6.71. The summed E-state index contributed by atoms with van der Waals surface area (Å²) >= 11 is 5.20. The summed E-state index contributed by atoms with van der Waals surface area (Å²) in [6.45, 7) is 0. The third-order valence-electron chi connectivity index (χ3n) is 4.69. The summed E-state index contributed by atoms with van der Waals surface area (Å²) in [5, 5.41) is 10.5. The van der Waals surface area contributed by atoms with Gasteiger partial charge in [-0.15, -0.1) is 0 Å². The van der Waals surface area contributed by atoms with E-state index in [0.717, 1.165) is 28.1 Å². The first-order valence-electron chi connectivity index (χ1n) is 8.43. The number of benzene rings is 2. The molecule has 1 N–H and O–H groups in total. The van der Waals surface area contributed by atoms with Crippen LogP contribution in [-0.4, -0.2) is 20.0 Å². The molecule has 0 saturated carbocycles. The Morgan fingerprint density at radius 3 is 2.41 bits per heavy atom. The van der Waals surface area contributed by atoms with E-state index in [1.54, 1.807) is 20.2 Å². The molecule has 0 saturated heterocycles. The Bertz CT molecular complexity index is 1230. The van der Waals surface area contributed by atoms with Gasteiger partial charge >= 0.3 is 0 Å². The molecule has 5 nitrogen and oxygen atoms in total. The fraction of sp³-hybridized carbons (Fsp3) is 0.0952. The molecule has 0 amide bonds. The number of aromatic hydroxyl groups is 1. The van der Waals surface area contributed by atoms with Crippen LogP contribution in [0.2, 0.25) is 0 Å². The van der Waals surface area contributed by atoms with Gasteiger partial charge in [-0.1, -0.05) is 48.5 Å². The second-order valence-electron chi connectivity index (χ2n) is 6.34. The third kappa shape index (κ3) is 2.74. The fourth-order valence-electron chi connectivity index (χ4n) is 3.20. The molecule has 0 fully saturated rings. The SMILES string of the molecule is Cn1c(O)c(/C=C2\C(c3ccccc3)=Nc3ccccc32)c(=O)n(C)c1=S. The molecule has 2 aromatic carbocycles. The van der Waals surface area contributed by atoms with Crippen molar-refractivity contribution in [1.29, 1.82) is 0 Å². The Morgan fingerprint density at radius 2 is 1.67 bits per heavy atom. The lowest BCUT2D eigenvalue weighted by molar-refractivity contribution is 0.414. The molecule has 1 aliphatic rings. The van der Waals surface area contributed by atoms with E-state index in [-0.39, 0.29) is 21.8 Å². The van der Waals surface area contributed by atoms with Gasteiger partial charge in [0.25, 0.3) is 5.56 Å². The van der Waals surface area contributed by atoms with Crippen molar-refractivity contribution in [2.45, 2.75) is 0 Å². The summed E-state index contributed by atoms with van der Waals surface area (Å²) in [7, 11) is 3.23. The van der Waals surface area contributed by atoms with Gasteiger partial charge in [0.1, 0.15) is 5.56 Å². The molecule has 0 radical (unpaired) electrons. The lowest BCUT2D eigenvalue weighted by Gasteiger charge is -2.11. The van der Waals surface area contributed by atoms with Crippen molar-refractivity contribution >= 4 is 35.3 Å². The van der Waals surface area contributed by atoms with Crippen LogP contribution in [0.5, 0.6) is 5.88 Å². The molecule has 0 atom stereocenters. The quantitative estimate of drug-likeness (QED) is 0.693. The van der Waals surface area contributed by atoms with Gasteiger partial charge in [-0.05, 0) is 24.4 Å². The van der Waals surface area contributed by atoms with E-state index in [2.05, 4.69) is 0 Å². The van der Waals surface area contributed by atoms with Gasteiger partial charge in [0.15, 0.2) is 4.77 Å². The molecule has 0 aliphatic carbocycles. The van der Waals surface area contributed by atoms with Gasteiger partial charge in [-0.3, -0.25) is 13.9 Å². The lowest BCUT2D eigenvalue weighted by atomic mass is 9.96. The number of allylic oxidation sites excluding steroid dienone is 1. The number of hydrogen-bond acceptors (Lipinski definition) is 4. The number of para-hydroxylation sites is 1. The smallest absolute Gasteiger partial charge is 0.265 e. The molecule has 27 heavy (non-hydrogen) atoms. The van der Waals surface area contributed by atoms with Crippen molar-refractivity contribution in [2.75, 3.05) is 0 Å². The fourth-order valence-corrected chi connectivity index (χ4v) is 3.37. The Labute approximate surface area is 161 Å². The van der Waals surface area contributed by atoms with E-state index < -0.39 is 0 Å². The van der Waals surface area contributed by atoms with Gasteiger partial charge in [0.05, 0.1) is 11.4 Å². The predicted octanol–water partition coefficient (Wildman–Crippen LogP) is 3.83. The number of rotatable bonds is 2. The summed E-state index contributed by atoms with van der Waals surface area (Å²) in [6, 6.07) is 17.5. The lowest BCUT2D eigenvalue weighted by Crippen LogP contribution is -2.24. The molecule has 1 aromatic heterocycles.